The Morgan fingerprint density at radius 3 is 2.48 bits per heavy atom. The van der Waals surface area contributed by atoms with Crippen LogP contribution in [0.2, 0.25) is 0 Å². The van der Waals surface area contributed by atoms with E-state index in [9.17, 15) is 24.0 Å². The molecule has 7 nitrogen and oxygen atoms in total. The number of ether oxygens (including phenoxy) is 1. The van der Waals surface area contributed by atoms with Gasteiger partial charge in [0, 0.05) is 22.0 Å². The molecule has 0 aliphatic carbocycles. The van der Waals surface area contributed by atoms with E-state index in [4.69, 9.17) is 4.74 Å². The topological polar surface area (TPSA) is 107 Å². The smallest absolute Gasteiger partial charge is 0.543 e. The summed E-state index contributed by atoms with van der Waals surface area (Å²) in [5.41, 5.74) is -0.324. The van der Waals surface area contributed by atoms with E-state index in [0.29, 0.717) is 10.6 Å². The van der Waals surface area contributed by atoms with Gasteiger partial charge < -0.3 is 19.7 Å². The molecular weight excluding hydrogens is 377 g/mol. The van der Waals surface area contributed by atoms with Crippen molar-refractivity contribution in [3.63, 3.8) is 0 Å². The van der Waals surface area contributed by atoms with Crippen LogP contribution in [-0.2, 0) is 20.4 Å². The summed E-state index contributed by atoms with van der Waals surface area (Å²) >= 11 is 1.06. The molecule has 128 valence electrons. The van der Waals surface area contributed by atoms with Gasteiger partial charge >= 0.3 is 29.6 Å². The van der Waals surface area contributed by atoms with Gasteiger partial charge in [0.1, 0.15) is 16.8 Å². The Balaban J connectivity index is 0.00000225. The quantitative estimate of drug-likeness (QED) is 0.413. The summed E-state index contributed by atoms with van der Waals surface area (Å²) in [6, 6.07) is 6.37. The van der Waals surface area contributed by atoms with E-state index in [1.807, 2.05) is 0 Å². The maximum absolute atomic E-state index is 12.1. The number of thioether (sulfide) groups is 1. The molecule has 2 aliphatic rings. The molecule has 4 atom stereocenters. The van der Waals surface area contributed by atoms with Gasteiger partial charge in [0.25, 0.3) is 0 Å². The molecule has 3 rings (SSSR count). The molecule has 2 heterocycles. The van der Waals surface area contributed by atoms with E-state index in [0.717, 1.165) is 16.7 Å². The van der Waals surface area contributed by atoms with Crippen molar-refractivity contribution in [1.29, 1.82) is 0 Å². The third-order valence-electron chi connectivity index (χ3n) is 3.83. The van der Waals surface area contributed by atoms with Crippen LogP contribution in [0.25, 0.3) is 0 Å². The first-order valence-corrected chi connectivity index (χ1v) is 9.49. The van der Waals surface area contributed by atoms with Crippen LogP contribution in [-0.4, -0.2) is 43.8 Å². The fourth-order valence-corrected chi connectivity index (χ4v) is 4.60. The second kappa shape index (κ2) is 7.81. The zero-order valence-corrected chi connectivity index (χ0v) is 17.4. The number of carbonyl (C=O) groups is 2. The van der Waals surface area contributed by atoms with Crippen molar-refractivity contribution in [2.75, 3.05) is 6.26 Å². The molecule has 10 heteroatoms. The third-order valence-corrected chi connectivity index (χ3v) is 6.00. The van der Waals surface area contributed by atoms with Crippen molar-refractivity contribution >= 4 is 34.4 Å². The average molecular weight is 391 g/mol. The SMILES string of the molecule is C[C@@H](O)[C@H]1C(=O)N2C(C(=O)[O-])=C(Oc3ccc(S(C)=O)cc3)S[C@H]12.[Na+]. The number of β-lactam (4-membered cyclic amide) rings is 1. The van der Waals surface area contributed by atoms with Crippen LogP contribution < -0.4 is 39.4 Å². The normalized spacial score (nSPS) is 24.1. The minimum absolute atomic E-state index is 0. The minimum atomic E-state index is -1.51. The Bertz CT molecular complexity index is 764. The van der Waals surface area contributed by atoms with E-state index in [-0.39, 0.29) is 40.3 Å². The van der Waals surface area contributed by atoms with Crippen LogP contribution in [0, 0.1) is 5.92 Å². The maximum Gasteiger partial charge on any atom is 1.00 e. The Hall–Kier alpha value is -0.840. The molecule has 0 aromatic heterocycles. The number of aliphatic hydroxyl groups is 1. The van der Waals surface area contributed by atoms with Gasteiger partial charge in [0.2, 0.25) is 5.91 Å². The standard InChI is InChI=1S/C15H15NO6S2.Na/c1-7(17)10-12(18)16-11(14(19)20)15(23-13(10)16)22-8-3-5-9(6-4-8)24(2)21;/h3-7,10,13,17H,1-2H3,(H,19,20);/q;+1/p-1/t7-,10+,13-,24?;/m1./s1. The number of carbonyl (C=O) groups excluding carboxylic acids is 2. The molecule has 1 unspecified atom stereocenters. The van der Waals surface area contributed by atoms with Crippen LogP contribution in [0.3, 0.4) is 0 Å². The molecule has 1 aromatic rings. The number of benzene rings is 1. The van der Waals surface area contributed by atoms with Crippen LogP contribution in [0.5, 0.6) is 5.75 Å². The molecule has 0 radical (unpaired) electrons. The second-order valence-electron chi connectivity index (χ2n) is 5.43. The van der Waals surface area contributed by atoms with Gasteiger partial charge in [-0.1, -0.05) is 11.8 Å². The van der Waals surface area contributed by atoms with Gasteiger partial charge in [-0.15, -0.1) is 0 Å². The van der Waals surface area contributed by atoms with Crippen molar-refractivity contribution in [1.82, 2.24) is 4.90 Å². The van der Waals surface area contributed by atoms with E-state index in [1.54, 1.807) is 30.5 Å². The van der Waals surface area contributed by atoms with Crippen molar-refractivity contribution in [2.24, 2.45) is 5.92 Å². The molecule has 0 bridgehead atoms. The Kier molecular flexibility index (Phi) is 6.40. The van der Waals surface area contributed by atoms with Crippen molar-refractivity contribution in [2.45, 2.75) is 23.3 Å². The maximum atomic E-state index is 12.1. The summed E-state index contributed by atoms with van der Waals surface area (Å²) in [7, 11) is -1.13. The number of hydrogen-bond donors (Lipinski definition) is 1. The molecule has 0 saturated carbocycles. The summed E-state index contributed by atoms with van der Waals surface area (Å²) in [5, 5.41) is 20.6. The zero-order valence-electron chi connectivity index (χ0n) is 13.8. The van der Waals surface area contributed by atoms with Crippen molar-refractivity contribution < 1.29 is 58.3 Å². The Labute approximate surface area is 173 Å². The van der Waals surface area contributed by atoms with Gasteiger partial charge in [0.05, 0.1) is 18.0 Å². The summed E-state index contributed by atoms with van der Waals surface area (Å²) in [4.78, 5) is 25.2. The molecule has 1 N–H and O–H groups in total. The van der Waals surface area contributed by atoms with E-state index >= 15 is 0 Å². The Morgan fingerprint density at radius 2 is 2.00 bits per heavy atom. The van der Waals surface area contributed by atoms with Gasteiger partial charge in [-0.2, -0.15) is 0 Å². The molecule has 1 aromatic carbocycles. The van der Waals surface area contributed by atoms with Gasteiger partial charge in [-0.25, -0.2) is 0 Å². The van der Waals surface area contributed by atoms with Crippen LogP contribution in [0.15, 0.2) is 39.9 Å². The predicted octanol–water partition coefficient (Wildman–Crippen LogP) is -3.36. The number of carboxylic acid groups (broad SMARTS) is 1. The van der Waals surface area contributed by atoms with E-state index in [1.165, 1.54) is 6.92 Å². The molecule has 2 aliphatic heterocycles. The molecule has 1 fully saturated rings. The average Bonchev–Trinajstić information content (AvgIpc) is 2.81. The number of aliphatic hydroxyl groups excluding tert-OH is 1. The zero-order chi connectivity index (χ0) is 17.6. The largest absolute Gasteiger partial charge is 1.00 e. The number of nitrogens with zero attached hydrogens (tertiary/aromatic N) is 1. The number of carboxylic acids is 1. The van der Waals surface area contributed by atoms with Gasteiger partial charge in [0.15, 0.2) is 5.09 Å². The first-order chi connectivity index (χ1) is 11.3. The third kappa shape index (κ3) is 3.67. The summed E-state index contributed by atoms with van der Waals surface area (Å²) in [6.07, 6.45) is 0.666. The molecular formula is C15H14NNaO6S2. The number of aliphatic carboxylic acids is 1. The van der Waals surface area contributed by atoms with Gasteiger partial charge in [-0.3, -0.25) is 13.9 Å². The first kappa shape index (κ1) is 20.5. The second-order valence-corrected chi connectivity index (χ2v) is 7.90. The fourth-order valence-electron chi connectivity index (χ4n) is 2.62. The van der Waals surface area contributed by atoms with Crippen LogP contribution in [0.1, 0.15) is 6.92 Å². The summed E-state index contributed by atoms with van der Waals surface area (Å²) in [5.74, 6) is -2.29. The van der Waals surface area contributed by atoms with Crippen molar-refractivity contribution in [3.05, 3.63) is 35.1 Å². The Morgan fingerprint density at radius 1 is 1.40 bits per heavy atom. The van der Waals surface area contributed by atoms with E-state index < -0.39 is 40.1 Å². The monoisotopic (exact) mass is 391 g/mol. The molecule has 25 heavy (non-hydrogen) atoms. The predicted molar refractivity (Wildman–Crippen MR) is 84.8 cm³/mol. The van der Waals surface area contributed by atoms with Crippen LogP contribution in [0.4, 0.5) is 0 Å². The number of amides is 1. The molecule has 1 saturated heterocycles. The summed E-state index contributed by atoms with van der Waals surface area (Å²) < 4.78 is 17.0. The summed E-state index contributed by atoms with van der Waals surface area (Å²) in [6.45, 7) is 1.49. The van der Waals surface area contributed by atoms with E-state index in [2.05, 4.69) is 0 Å². The first-order valence-electron chi connectivity index (χ1n) is 7.06. The number of hydrogen-bond acceptors (Lipinski definition) is 7. The number of rotatable bonds is 5. The number of fused-ring (bicyclic) bond motifs is 1. The van der Waals surface area contributed by atoms with Crippen LogP contribution >= 0.6 is 11.8 Å². The fraction of sp³-hybridized carbons (Fsp3) is 0.333. The van der Waals surface area contributed by atoms with Gasteiger partial charge in [-0.05, 0) is 31.2 Å². The minimum Gasteiger partial charge on any atom is -0.543 e. The molecule has 0 spiro atoms. The van der Waals surface area contributed by atoms with Crippen molar-refractivity contribution in [3.8, 4) is 5.75 Å². The molecule has 1 amide bonds.